The fourth-order valence-electron chi connectivity index (χ4n) is 2.10. The topological polar surface area (TPSA) is 84.2 Å². The van der Waals surface area contributed by atoms with E-state index in [1.165, 1.54) is 0 Å². The van der Waals surface area contributed by atoms with Gasteiger partial charge in [-0.25, -0.2) is 0 Å². The molecule has 0 aromatic heterocycles. The van der Waals surface area contributed by atoms with Crippen molar-refractivity contribution in [2.45, 2.75) is 57.5 Å². The smallest absolute Gasteiger partial charge is 0.237 e. The second-order valence-electron chi connectivity index (χ2n) is 4.77. The van der Waals surface area contributed by atoms with Gasteiger partial charge < -0.3 is 16.4 Å². The van der Waals surface area contributed by atoms with Crippen LogP contribution in [0.5, 0.6) is 0 Å². The second-order valence-corrected chi connectivity index (χ2v) is 4.77. The molecule has 0 aliphatic carbocycles. The van der Waals surface area contributed by atoms with Crippen molar-refractivity contribution in [3.05, 3.63) is 0 Å². The van der Waals surface area contributed by atoms with Gasteiger partial charge in [0.05, 0.1) is 6.04 Å². The maximum absolute atomic E-state index is 11.8. The van der Waals surface area contributed by atoms with Gasteiger partial charge in [-0.3, -0.25) is 9.59 Å². The summed E-state index contributed by atoms with van der Waals surface area (Å²) in [6.07, 6.45) is 5.10. The Morgan fingerprint density at radius 2 is 2.12 bits per heavy atom. The monoisotopic (exact) mass is 241 g/mol. The van der Waals surface area contributed by atoms with Crippen LogP contribution in [-0.4, -0.2) is 30.4 Å². The van der Waals surface area contributed by atoms with Crippen LogP contribution in [0.25, 0.3) is 0 Å². The van der Waals surface area contributed by atoms with Crippen LogP contribution in [0.1, 0.15) is 45.4 Å². The van der Waals surface area contributed by atoms with Crippen LogP contribution in [0.4, 0.5) is 0 Å². The number of nitrogens with one attached hydrogen (secondary N) is 2. The van der Waals surface area contributed by atoms with E-state index in [-0.39, 0.29) is 17.9 Å². The zero-order valence-corrected chi connectivity index (χ0v) is 10.5. The van der Waals surface area contributed by atoms with E-state index >= 15 is 0 Å². The lowest BCUT2D eigenvalue weighted by Crippen LogP contribution is -2.50. The Kier molecular flexibility index (Phi) is 5.97. The van der Waals surface area contributed by atoms with Gasteiger partial charge in [0, 0.05) is 19.0 Å². The molecule has 1 aliphatic rings. The number of hydrogen-bond acceptors (Lipinski definition) is 3. The number of hydrogen-bond donors (Lipinski definition) is 3. The number of unbranched alkanes of at least 4 members (excludes halogenated alkanes) is 1. The minimum Gasteiger partial charge on any atom is -0.370 e. The summed E-state index contributed by atoms with van der Waals surface area (Å²) in [7, 11) is 0. The normalized spacial score (nSPS) is 24.3. The Balaban J connectivity index is 2.10. The van der Waals surface area contributed by atoms with Crippen molar-refractivity contribution in [2.75, 3.05) is 6.54 Å². The first-order chi connectivity index (χ1) is 8.09. The molecule has 0 spiro atoms. The number of amides is 2. The molecule has 0 saturated carbocycles. The zero-order valence-electron chi connectivity index (χ0n) is 10.5. The lowest BCUT2D eigenvalue weighted by atomic mass is 9.99. The molecule has 5 nitrogen and oxygen atoms in total. The first-order valence-corrected chi connectivity index (χ1v) is 6.41. The van der Waals surface area contributed by atoms with Crippen molar-refractivity contribution in [1.82, 2.24) is 10.6 Å². The Labute approximate surface area is 103 Å². The number of piperidine rings is 1. The molecule has 1 fully saturated rings. The van der Waals surface area contributed by atoms with Gasteiger partial charge in [0.15, 0.2) is 0 Å². The molecule has 0 radical (unpaired) electrons. The molecule has 17 heavy (non-hydrogen) atoms. The predicted molar refractivity (Wildman–Crippen MR) is 66.3 cm³/mol. The molecule has 5 heteroatoms. The van der Waals surface area contributed by atoms with E-state index in [9.17, 15) is 9.59 Å². The van der Waals surface area contributed by atoms with Crippen LogP contribution in [0.15, 0.2) is 0 Å². The van der Waals surface area contributed by atoms with E-state index < -0.39 is 0 Å². The van der Waals surface area contributed by atoms with E-state index in [0.29, 0.717) is 19.0 Å². The predicted octanol–water partition coefficient (Wildman–Crippen LogP) is 0.289. The minimum absolute atomic E-state index is 0.0464. The van der Waals surface area contributed by atoms with Gasteiger partial charge >= 0.3 is 0 Å². The average molecular weight is 241 g/mol. The van der Waals surface area contributed by atoms with E-state index in [2.05, 4.69) is 17.6 Å². The van der Waals surface area contributed by atoms with Crippen molar-refractivity contribution >= 4 is 11.8 Å². The fraction of sp³-hybridized carbons (Fsp3) is 0.833. The standard InChI is InChI=1S/C12H23N3O2/c1-9-5-4-6-10(15-9)12(17)14-8-3-2-7-11(13)16/h9-10,15H,2-8H2,1H3,(H2,13,16)(H,14,17). The Bertz CT molecular complexity index is 268. The largest absolute Gasteiger partial charge is 0.370 e. The summed E-state index contributed by atoms with van der Waals surface area (Å²) in [6.45, 7) is 2.73. The molecule has 1 saturated heterocycles. The van der Waals surface area contributed by atoms with Crippen molar-refractivity contribution in [1.29, 1.82) is 0 Å². The molecule has 2 unspecified atom stereocenters. The summed E-state index contributed by atoms with van der Waals surface area (Å²) < 4.78 is 0. The summed E-state index contributed by atoms with van der Waals surface area (Å²) in [5.41, 5.74) is 5.03. The van der Waals surface area contributed by atoms with Crippen molar-refractivity contribution < 1.29 is 9.59 Å². The zero-order chi connectivity index (χ0) is 12.7. The van der Waals surface area contributed by atoms with E-state index in [4.69, 9.17) is 5.73 Å². The molecule has 98 valence electrons. The van der Waals surface area contributed by atoms with Gasteiger partial charge in [-0.05, 0) is 39.0 Å². The van der Waals surface area contributed by atoms with Crippen LogP contribution in [0.2, 0.25) is 0 Å². The molecule has 0 bridgehead atoms. The number of rotatable bonds is 6. The molecule has 2 amide bonds. The highest BCUT2D eigenvalue weighted by Crippen LogP contribution is 2.12. The lowest BCUT2D eigenvalue weighted by Gasteiger charge is -2.27. The van der Waals surface area contributed by atoms with Crippen LogP contribution in [-0.2, 0) is 9.59 Å². The van der Waals surface area contributed by atoms with Gasteiger partial charge in [-0.2, -0.15) is 0 Å². The molecular weight excluding hydrogens is 218 g/mol. The maximum atomic E-state index is 11.8. The van der Waals surface area contributed by atoms with Gasteiger partial charge in [0.1, 0.15) is 0 Å². The highest BCUT2D eigenvalue weighted by molar-refractivity contribution is 5.81. The Hall–Kier alpha value is -1.10. The van der Waals surface area contributed by atoms with Gasteiger partial charge in [-0.15, -0.1) is 0 Å². The number of primary amides is 1. The third kappa shape index (κ3) is 5.68. The third-order valence-corrected chi connectivity index (χ3v) is 3.08. The van der Waals surface area contributed by atoms with E-state index in [1.807, 2.05) is 0 Å². The van der Waals surface area contributed by atoms with Crippen LogP contribution in [0, 0.1) is 0 Å². The molecule has 0 aromatic rings. The minimum atomic E-state index is -0.279. The van der Waals surface area contributed by atoms with Crippen LogP contribution >= 0.6 is 0 Å². The van der Waals surface area contributed by atoms with Crippen LogP contribution in [0.3, 0.4) is 0 Å². The summed E-state index contributed by atoms with van der Waals surface area (Å²) in [5.74, 6) is -0.199. The quantitative estimate of drug-likeness (QED) is 0.584. The molecule has 2 atom stereocenters. The average Bonchev–Trinajstić information content (AvgIpc) is 2.28. The fourth-order valence-corrected chi connectivity index (χ4v) is 2.10. The Morgan fingerprint density at radius 3 is 2.76 bits per heavy atom. The highest BCUT2D eigenvalue weighted by atomic mass is 16.2. The van der Waals surface area contributed by atoms with Gasteiger partial charge in [0.25, 0.3) is 0 Å². The van der Waals surface area contributed by atoms with E-state index in [1.54, 1.807) is 0 Å². The number of carbonyl (C=O) groups excluding carboxylic acids is 2. The first-order valence-electron chi connectivity index (χ1n) is 6.41. The van der Waals surface area contributed by atoms with Crippen molar-refractivity contribution in [3.63, 3.8) is 0 Å². The third-order valence-electron chi connectivity index (χ3n) is 3.08. The summed E-state index contributed by atoms with van der Waals surface area (Å²) in [6, 6.07) is 0.379. The van der Waals surface area contributed by atoms with Crippen LogP contribution < -0.4 is 16.4 Å². The molecule has 0 aromatic carbocycles. The summed E-state index contributed by atoms with van der Waals surface area (Å²) in [4.78, 5) is 22.3. The summed E-state index contributed by atoms with van der Waals surface area (Å²) in [5, 5.41) is 6.18. The molecular formula is C12H23N3O2. The van der Waals surface area contributed by atoms with Gasteiger partial charge in [-0.1, -0.05) is 0 Å². The Morgan fingerprint density at radius 1 is 1.35 bits per heavy atom. The second kappa shape index (κ2) is 7.27. The maximum Gasteiger partial charge on any atom is 0.237 e. The SMILES string of the molecule is CC1CCCC(C(=O)NCCCCC(N)=O)N1. The molecule has 1 heterocycles. The first kappa shape index (κ1) is 14.0. The molecule has 1 rings (SSSR count). The highest BCUT2D eigenvalue weighted by Gasteiger charge is 2.23. The number of nitrogens with two attached hydrogens (primary N) is 1. The van der Waals surface area contributed by atoms with Crippen molar-refractivity contribution in [2.24, 2.45) is 5.73 Å². The number of carbonyl (C=O) groups is 2. The summed E-state index contributed by atoms with van der Waals surface area (Å²) >= 11 is 0. The van der Waals surface area contributed by atoms with E-state index in [0.717, 1.165) is 32.1 Å². The molecule has 1 aliphatic heterocycles. The van der Waals surface area contributed by atoms with Crippen molar-refractivity contribution in [3.8, 4) is 0 Å². The molecule has 4 N–H and O–H groups in total. The lowest BCUT2D eigenvalue weighted by molar-refractivity contribution is -0.124. The van der Waals surface area contributed by atoms with Gasteiger partial charge in [0.2, 0.25) is 11.8 Å².